The highest BCUT2D eigenvalue weighted by molar-refractivity contribution is 7.91. The van der Waals surface area contributed by atoms with E-state index in [1.165, 1.54) is 24.5 Å². The molecule has 1 aliphatic rings. The van der Waals surface area contributed by atoms with Gasteiger partial charge in [0.25, 0.3) is 6.43 Å². The number of alkyl halides is 5. The van der Waals surface area contributed by atoms with Gasteiger partial charge in [-0.3, -0.25) is 0 Å². The zero-order valence-electron chi connectivity index (χ0n) is 17.0. The Morgan fingerprint density at radius 3 is 2.32 bits per heavy atom. The topological polar surface area (TPSA) is 78.8 Å². The summed E-state index contributed by atoms with van der Waals surface area (Å²) in [6.07, 6.45) is -7.04. The van der Waals surface area contributed by atoms with Crippen LogP contribution in [0, 0.1) is 17.6 Å². The van der Waals surface area contributed by atoms with E-state index in [1.54, 1.807) is 13.0 Å². The lowest BCUT2D eigenvalue weighted by atomic mass is 9.87. The van der Waals surface area contributed by atoms with Crippen molar-refractivity contribution in [3.8, 4) is 0 Å². The molecule has 3 rings (SSSR count). The number of ether oxygens (including phenoxy) is 1. The first-order chi connectivity index (χ1) is 14.4. The summed E-state index contributed by atoms with van der Waals surface area (Å²) in [5, 5.41) is 0.0295. The summed E-state index contributed by atoms with van der Waals surface area (Å²) in [6.45, 7) is 1.59. The minimum absolute atomic E-state index is 0.0295. The van der Waals surface area contributed by atoms with Crippen LogP contribution < -0.4 is 0 Å². The van der Waals surface area contributed by atoms with Crippen LogP contribution in [0.5, 0.6) is 0 Å². The molecule has 1 aromatic carbocycles. The highest BCUT2D eigenvalue weighted by Crippen LogP contribution is 2.40. The largest absolute Gasteiger partial charge is 0.391 e. The van der Waals surface area contributed by atoms with Crippen molar-refractivity contribution in [3.63, 3.8) is 0 Å². The van der Waals surface area contributed by atoms with Crippen LogP contribution in [0.2, 0.25) is 0 Å². The number of halogens is 5. The number of aromatic nitrogens is 2. The average molecular weight is 465 g/mol. The number of H-pyrrole nitrogens is 1. The Morgan fingerprint density at radius 1 is 1.19 bits per heavy atom. The zero-order valence-corrected chi connectivity index (χ0v) is 17.8. The van der Waals surface area contributed by atoms with Crippen molar-refractivity contribution in [2.75, 3.05) is 6.26 Å². The van der Waals surface area contributed by atoms with E-state index in [-0.39, 0.29) is 42.1 Å². The third-order valence-electron chi connectivity index (χ3n) is 5.41. The van der Waals surface area contributed by atoms with Gasteiger partial charge in [0.15, 0.2) is 5.03 Å². The first-order valence-electron chi connectivity index (χ1n) is 9.76. The minimum atomic E-state index is -4.25. The molecule has 0 saturated heterocycles. The van der Waals surface area contributed by atoms with Gasteiger partial charge in [-0.25, -0.2) is 22.8 Å². The number of hydrogen-bond donors (Lipinski definition) is 2. The molecule has 1 aliphatic carbocycles. The molecule has 31 heavy (non-hydrogen) atoms. The van der Waals surface area contributed by atoms with Crippen LogP contribution in [-0.4, -0.2) is 32.7 Å². The Balaban J connectivity index is 1.92. The molecule has 1 unspecified atom stereocenters. The zero-order chi connectivity index (χ0) is 23.0. The van der Waals surface area contributed by atoms with E-state index in [9.17, 15) is 26.2 Å². The van der Waals surface area contributed by atoms with Gasteiger partial charge >= 0.3 is 6.18 Å². The number of aromatic amines is 1. The Kier molecular flexibility index (Phi) is 6.75. The summed E-state index contributed by atoms with van der Waals surface area (Å²) in [7, 11) is -3.15. The number of nitrogens with zero attached hydrogens (tertiary/aromatic N) is 1. The lowest BCUT2D eigenvalue weighted by molar-refractivity contribution is -0.188. The van der Waals surface area contributed by atoms with Crippen molar-refractivity contribution in [2.24, 2.45) is 5.92 Å². The lowest BCUT2D eigenvalue weighted by Crippen LogP contribution is -2.31. The van der Waals surface area contributed by atoms with Crippen LogP contribution in [-0.2, 0) is 14.5 Å². The second-order valence-corrected chi connectivity index (χ2v) is 9.97. The number of hydrogen-bond acceptors (Lipinski definition) is 4. The van der Waals surface area contributed by atoms with Crippen LogP contribution in [0.1, 0.15) is 60.9 Å². The maximum atomic E-state index is 13.2. The number of imidazole rings is 1. The molecular formula is C20H24F5N3O2S. The van der Waals surface area contributed by atoms with Crippen molar-refractivity contribution in [1.29, 1.82) is 4.78 Å². The Hall–Kier alpha value is -2.01. The summed E-state index contributed by atoms with van der Waals surface area (Å²) in [4.78, 5) is 7.16. The molecule has 2 atom stereocenters. The third kappa shape index (κ3) is 5.62. The number of aryl methyl sites for hydroxylation is 1. The summed E-state index contributed by atoms with van der Waals surface area (Å²) in [5.74, 6) is -1.20. The monoisotopic (exact) mass is 465 g/mol. The van der Waals surface area contributed by atoms with Gasteiger partial charge < -0.3 is 9.72 Å². The second-order valence-electron chi connectivity index (χ2n) is 7.90. The summed E-state index contributed by atoms with van der Waals surface area (Å²) in [6, 6.07) is 5.54. The Bertz CT molecular complexity index is 1010. The van der Waals surface area contributed by atoms with Crippen molar-refractivity contribution in [3.05, 3.63) is 46.9 Å². The van der Waals surface area contributed by atoms with E-state index in [0.29, 0.717) is 11.3 Å². The van der Waals surface area contributed by atoms with Gasteiger partial charge in [0, 0.05) is 17.5 Å². The molecule has 5 nitrogen and oxygen atoms in total. The molecule has 0 aliphatic heterocycles. The fourth-order valence-electron chi connectivity index (χ4n) is 3.85. The van der Waals surface area contributed by atoms with Crippen LogP contribution >= 0.6 is 0 Å². The van der Waals surface area contributed by atoms with Gasteiger partial charge in [-0.05, 0) is 44.2 Å². The van der Waals surface area contributed by atoms with Crippen molar-refractivity contribution < 1.29 is 30.9 Å². The number of benzene rings is 1. The fraction of sp³-hybridized carbons (Fsp3) is 0.550. The number of rotatable bonds is 6. The van der Waals surface area contributed by atoms with Gasteiger partial charge in [0.2, 0.25) is 0 Å². The number of nitrogens with one attached hydrogen (secondary N) is 2. The summed E-state index contributed by atoms with van der Waals surface area (Å²) < 4.78 is 91.4. The lowest BCUT2D eigenvalue weighted by Gasteiger charge is -2.32. The van der Waals surface area contributed by atoms with Gasteiger partial charge in [0.05, 0.1) is 21.8 Å². The first-order valence-corrected chi connectivity index (χ1v) is 11.7. The predicted molar refractivity (Wildman–Crippen MR) is 105 cm³/mol. The average Bonchev–Trinajstić information content (AvgIpc) is 3.07. The molecule has 0 bridgehead atoms. The van der Waals surface area contributed by atoms with Crippen LogP contribution in [0.4, 0.5) is 22.0 Å². The van der Waals surface area contributed by atoms with E-state index in [2.05, 4.69) is 9.97 Å². The predicted octanol–water partition coefficient (Wildman–Crippen LogP) is 5.92. The first kappa shape index (κ1) is 23.6. The van der Waals surface area contributed by atoms with Crippen LogP contribution in [0.3, 0.4) is 0 Å². The molecule has 1 fully saturated rings. The van der Waals surface area contributed by atoms with Crippen LogP contribution in [0.15, 0.2) is 29.3 Å². The summed E-state index contributed by atoms with van der Waals surface area (Å²) >= 11 is 0. The quantitative estimate of drug-likeness (QED) is 0.520. The minimum Gasteiger partial charge on any atom is -0.362 e. The molecule has 0 amide bonds. The molecule has 11 heteroatoms. The molecule has 0 radical (unpaired) electrons. The van der Waals surface area contributed by atoms with E-state index in [4.69, 9.17) is 9.52 Å². The molecule has 2 aromatic rings. The molecular weight excluding hydrogens is 441 g/mol. The third-order valence-corrected chi connectivity index (χ3v) is 6.54. The van der Waals surface area contributed by atoms with Crippen molar-refractivity contribution in [1.82, 2.24) is 9.97 Å². The van der Waals surface area contributed by atoms with Gasteiger partial charge in [-0.15, -0.1) is 0 Å². The van der Waals surface area contributed by atoms with Gasteiger partial charge in [-0.1, -0.05) is 18.2 Å². The van der Waals surface area contributed by atoms with E-state index in [0.717, 1.165) is 0 Å². The van der Waals surface area contributed by atoms with Gasteiger partial charge in [0.1, 0.15) is 11.9 Å². The smallest absolute Gasteiger partial charge is 0.362 e. The fourth-order valence-corrected chi connectivity index (χ4v) is 4.76. The molecule has 0 spiro atoms. The normalized spacial score (nSPS) is 23.0. The highest BCUT2D eigenvalue weighted by Gasteiger charge is 2.42. The van der Waals surface area contributed by atoms with E-state index >= 15 is 0 Å². The maximum absolute atomic E-state index is 13.2. The molecule has 1 aromatic heterocycles. The molecule has 2 N–H and O–H groups in total. The Morgan fingerprint density at radius 2 is 1.81 bits per heavy atom. The maximum Gasteiger partial charge on any atom is 0.391 e. The summed E-state index contributed by atoms with van der Waals surface area (Å²) in [5.41, 5.74) is 0.510. The highest BCUT2D eigenvalue weighted by atomic mass is 32.2. The van der Waals surface area contributed by atoms with Crippen LogP contribution in [0.25, 0.3) is 0 Å². The van der Waals surface area contributed by atoms with Crippen molar-refractivity contribution >= 4 is 9.73 Å². The second kappa shape index (κ2) is 8.85. The van der Waals surface area contributed by atoms with Crippen molar-refractivity contribution in [2.45, 2.75) is 62.4 Å². The standard InChI is InChI=1S/C20H24F5N3O2S/c1-11-19(31(2,26)29)28-18(27-11)16(12-4-3-5-13(10-12)17(21)22)30-15-8-6-14(7-9-15)20(23,24)25/h3-5,10,14-17,26H,6-9H2,1-2H3,(H,27,28)/t14?,15?,16?,31-/m0/s1. The van der Waals surface area contributed by atoms with E-state index in [1.807, 2.05) is 0 Å². The molecule has 172 valence electrons. The van der Waals surface area contributed by atoms with Gasteiger partial charge in [-0.2, -0.15) is 13.2 Å². The Labute approximate surface area is 177 Å². The van der Waals surface area contributed by atoms with E-state index < -0.39 is 40.5 Å². The SMILES string of the molecule is Cc1[nH]c(C(OC2CCC(C(F)(F)F)CC2)c2cccc(C(F)F)c2)nc1[S@@](C)(=N)=O. The molecule has 1 saturated carbocycles. The molecule has 1 heterocycles.